The highest BCUT2D eigenvalue weighted by Gasteiger charge is 2.10. The van der Waals surface area contributed by atoms with Crippen molar-refractivity contribution in [2.45, 2.75) is 12.1 Å². The maximum absolute atomic E-state index is 4.26. The molecular formula is C8H8N6S. The third-order valence-corrected chi connectivity index (χ3v) is 2.78. The van der Waals surface area contributed by atoms with Gasteiger partial charge in [0.15, 0.2) is 0 Å². The van der Waals surface area contributed by atoms with Gasteiger partial charge in [-0.1, -0.05) is 11.8 Å². The first-order valence-corrected chi connectivity index (χ1v) is 5.62. The summed E-state index contributed by atoms with van der Waals surface area (Å²) in [5.41, 5.74) is 2.61. The van der Waals surface area contributed by atoms with Crippen molar-refractivity contribution in [3.63, 3.8) is 0 Å². The Balaban J connectivity index is 2.49. The Kier molecular flexibility index (Phi) is 1.69. The molecule has 0 N–H and O–H groups in total. The Bertz CT molecular complexity index is 639. The topological polar surface area (TPSA) is 60.4 Å². The molecule has 3 aromatic rings. The third kappa shape index (κ3) is 1.13. The van der Waals surface area contributed by atoms with E-state index in [-0.39, 0.29) is 0 Å². The summed E-state index contributed by atoms with van der Waals surface area (Å²) in [7, 11) is 0. The first-order valence-electron chi connectivity index (χ1n) is 4.40. The van der Waals surface area contributed by atoms with Gasteiger partial charge in [-0.3, -0.25) is 0 Å². The van der Waals surface area contributed by atoms with Crippen molar-refractivity contribution < 1.29 is 0 Å². The largest absolute Gasteiger partial charge is 0.217 e. The molecular weight excluding hydrogens is 212 g/mol. The Hall–Kier alpha value is -1.63. The minimum Gasteiger partial charge on any atom is -0.217 e. The van der Waals surface area contributed by atoms with Crippen LogP contribution < -0.4 is 0 Å². The van der Waals surface area contributed by atoms with Gasteiger partial charge < -0.3 is 0 Å². The quantitative estimate of drug-likeness (QED) is 0.568. The molecule has 0 aliphatic carbocycles. The molecule has 0 amide bonds. The lowest BCUT2D eigenvalue weighted by atomic mass is 10.4. The number of thioether (sulfide) groups is 1. The van der Waals surface area contributed by atoms with Crippen LogP contribution in [0.25, 0.3) is 11.2 Å². The molecule has 6 nitrogen and oxygen atoms in total. The van der Waals surface area contributed by atoms with Crippen molar-refractivity contribution in [1.29, 1.82) is 0 Å². The zero-order chi connectivity index (χ0) is 10.4. The summed E-state index contributed by atoms with van der Waals surface area (Å²) in [6, 6.07) is 1.97. The van der Waals surface area contributed by atoms with Crippen LogP contribution in [-0.4, -0.2) is 35.7 Å². The van der Waals surface area contributed by atoms with Gasteiger partial charge in [-0.15, -0.1) is 10.2 Å². The number of fused-ring (bicyclic) bond motifs is 3. The van der Waals surface area contributed by atoms with Gasteiger partial charge in [0.2, 0.25) is 10.8 Å². The predicted octanol–water partition coefficient (Wildman–Crippen LogP) is 0.802. The van der Waals surface area contributed by atoms with E-state index in [1.54, 1.807) is 15.4 Å². The summed E-state index contributed by atoms with van der Waals surface area (Å²) in [6.45, 7) is 1.94. The van der Waals surface area contributed by atoms with Crippen molar-refractivity contribution in [2.75, 3.05) is 6.26 Å². The van der Waals surface area contributed by atoms with Crippen molar-refractivity contribution in [3.8, 4) is 0 Å². The minimum absolute atomic E-state index is 0.738. The van der Waals surface area contributed by atoms with E-state index in [1.165, 1.54) is 11.8 Å². The van der Waals surface area contributed by atoms with Gasteiger partial charge in [-0.25, -0.2) is 4.52 Å². The van der Waals surface area contributed by atoms with E-state index in [0.717, 1.165) is 22.0 Å². The predicted molar refractivity (Wildman–Crippen MR) is 56.1 cm³/mol. The lowest BCUT2D eigenvalue weighted by Crippen LogP contribution is -1.98. The van der Waals surface area contributed by atoms with Gasteiger partial charge in [0.25, 0.3) is 0 Å². The Morgan fingerprint density at radius 3 is 3.00 bits per heavy atom. The fourth-order valence-electron chi connectivity index (χ4n) is 1.53. The van der Waals surface area contributed by atoms with Crippen LogP contribution in [0.2, 0.25) is 0 Å². The molecule has 0 aliphatic rings. The number of aryl methyl sites for hydroxylation is 1. The molecule has 15 heavy (non-hydrogen) atoms. The van der Waals surface area contributed by atoms with Gasteiger partial charge in [0, 0.05) is 0 Å². The second kappa shape index (κ2) is 2.93. The molecule has 0 aromatic carbocycles. The van der Waals surface area contributed by atoms with E-state index in [9.17, 15) is 0 Å². The molecule has 0 spiro atoms. The Morgan fingerprint density at radius 2 is 2.20 bits per heavy atom. The van der Waals surface area contributed by atoms with E-state index < -0.39 is 0 Å². The summed E-state index contributed by atoms with van der Waals surface area (Å²) in [5.74, 6) is 0. The zero-order valence-corrected chi connectivity index (χ0v) is 9.06. The number of rotatable bonds is 1. The van der Waals surface area contributed by atoms with Crippen molar-refractivity contribution >= 4 is 22.9 Å². The van der Waals surface area contributed by atoms with Gasteiger partial charge in [-0.05, 0) is 19.2 Å². The standard InChI is InChI=1S/C8H8N6S/c1-5-3-6-7-10-11-8(15-2)14(7)9-4-13(6)12-5/h3-4H,1-2H3. The van der Waals surface area contributed by atoms with Gasteiger partial charge >= 0.3 is 0 Å². The van der Waals surface area contributed by atoms with Crippen LogP contribution in [0.3, 0.4) is 0 Å². The molecule has 0 aliphatic heterocycles. The monoisotopic (exact) mass is 220 g/mol. The van der Waals surface area contributed by atoms with Crippen molar-refractivity contribution in [1.82, 2.24) is 29.4 Å². The van der Waals surface area contributed by atoms with E-state index in [1.807, 2.05) is 19.2 Å². The molecule has 0 atom stereocenters. The molecule has 0 radical (unpaired) electrons. The van der Waals surface area contributed by atoms with E-state index >= 15 is 0 Å². The van der Waals surface area contributed by atoms with Crippen molar-refractivity contribution in [2.24, 2.45) is 0 Å². The minimum atomic E-state index is 0.738. The van der Waals surface area contributed by atoms with Crippen LogP contribution >= 0.6 is 11.8 Å². The highest BCUT2D eigenvalue weighted by Crippen LogP contribution is 2.16. The summed E-state index contributed by atoms with van der Waals surface area (Å²) in [4.78, 5) is 0. The van der Waals surface area contributed by atoms with Crippen LogP contribution in [0.1, 0.15) is 5.69 Å². The fourth-order valence-corrected chi connectivity index (χ4v) is 1.96. The summed E-state index contributed by atoms with van der Waals surface area (Å²) in [5, 5.41) is 17.4. The van der Waals surface area contributed by atoms with Gasteiger partial charge in [0.1, 0.15) is 11.8 Å². The second-order valence-electron chi connectivity index (χ2n) is 3.17. The SMILES string of the molecule is CSc1nnc2c3cc(C)nn3cnn12. The summed E-state index contributed by atoms with van der Waals surface area (Å²) >= 11 is 1.52. The number of aromatic nitrogens is 6. The lowest BCUT2D eigenvalue weighted by molar-refractivity contribution is 0.766. The maximum atomic E-state index is 4.26. The third-order valence-electron chi connectivity index (χ3n) is 2.16. The van der Waals surface area contributed by atoms with Crippen LogP contribution in [0, 0.1) is 6.92 Å². The second-order valence-corrected chi connectivity index (χ2v) is 3.94. The molecule has 7 heteroatoms. The fraction of sp³-hybridized carbons (Fsp3) is 0.250. The van der Waals surface area contributed by atoms with Crippen LogP contribution in [-0.2, 0) is 0 Å². The summed E-state index contributed by atoms with van der Waals surface area (Å²) in [6.07, 6.45) is 3.61. The Morgan fingerprint density at radius 1 is 1.33 bits per heavy atom. The molecule has 76 valence electrons. The number of hydrogen-bond acceptors (Lipinski definition) is 5. The molecule has 0 fully saturated rings. The normalized spacial score (nSPS) is 11.6. The maximum Gasteiger partial charge on any atom is 0.212 e. The highest BCUT2D eigenvalue weighted by molar-refractivity contribution is 7.98. The molecule has 0 unspecified atom stereocenters. The van der Waals surface area contributed by atoms with Crippen LogP contribution in [0.4, 0.5) is 0 Å². The number of nitrogens with zero attached hydrogens (tertiary/aromatic N) is 6. The summed E-state index contributed by atoms with van der Waals surface area (Å²) < 4.78 is 3.44. The van der Waals surface area contributed by atoms with Gasteiger partial charge in [-0.2, -0.15) is 14.7 Å². The average Bonchev–Trinajstić information content (AvgIpc) is 2.78. The first kappa shape index (κ1) is 8.66. The molecule has 3 rings (SSSR count). The highest BCUT2D eigenvalue weighted by atomic mass is 32.2. The van der Waals surface area contributed by atoms with E-state index in [2.05, 4.69) is 20.4 Å². The van der Waals surface area contributed by atoms with E-state index in [0.29, 0.717) is 0 Å². The Labute approximate surface area is 89.3 Å². The zero-order valence-electron chi connectivity index (χ0n) is 8.25. The molecule has 0 saturated heterocycles. The molecule has 3 heterocycles. The smallest absolute Gasteiger partial charge is 0.212 e. The van der Waals surface area contributed by atoms with Gasteiger partial charge in [0.05, 0.1) is 5.69 Å². The number of hydrogen-bond donors (Lipinski definition) is 0. The average molecular weight is 220 g/mol. The molecule has 0 saturated carbocycles. The first-order chi connectivity index (χ1) is 7.29. The molecule has 0 bridgehead atoms. The van der Waals surface area contributed by atoms with Crippen molar-refractivity contribution in [3.05, 3.63) is 18.1 Å². The lowest BCUT2D eigenvalue weighted by Gasteiger charge is -1.95. The van der Waals surface area contributed by atoms with Crippen LogP contribution in [0.15, 0.2) is 17.6 Å². The van der Waals surface area contributed by atoms with E-state index in [4.69, 9.17) is 0 Å². The molecule has 3 aromatic heterocycles. The van der Waals surface area contributed by atoms with Crippen LogP contribution in [0.5, 0.6) is 0 Å².